The van der Waals surface area contributed by atoms with E-state index in [9.17, 15) is 4.79 Å². The van der Waals surface area contributed by atoms with Gasteiger partial charge in [-0.3, -0.25) is 4.79 Å². The fraction of sp³-hybridized carbons (Fsp3) is 0.909. The van der Waals surface area contributed by atoms with Crippen LogP contribution in [0.1, 0.15) is 40.0 Å². The molecule has 0 rings (SSSR count). The van der Waals surface area contributed by atoms with Crippen LogP contribution in [-0.4, -0.2) is 18.5 Å². The Labute approximate surface area is 92.0 Å². The van der Waals surface area contributed by atoms with E-state index < -0.39 is 0 Å². The number of hydrogen-bond donors (Lipinski definition) is 0. The maximum Gasteiger partial charge on any atom is 0.306 e. The highest BCUT2D eigenvalue weighted by Crippen LogP contribution is 2.17. The number of halogens is 1. The third kappa shape index (κ3) is 7.19. The molecule has 0 amide bonds. The second kappa shape index (κ2) is 8.10. The van der Waals surface area contributed by atoms with Crippen LogP contribution in [0.25, 0.3) is 0 Å². The first kappa shape index (κ1) is 13.8. The lowest BCUT2D eigenvalue weighted by Crippen LogP contribution is -2.13. The van der Waals surface area contributed by atoms with Crippen LogP contribution in [0.5, 0.6) is 0 Å². The van der Waals surface area contributed by atoms with Crippen LogP contribution in [-0.2, 0) is 9.53 Å². The molecule has 14 heavy (non-hydrogen) atoms. The number of alkyl halides is 1. The van der Waals surface area contributed by atoms with Crippen molar-refractivity contribution < 1.29 is 9.53 Å². The Kier molecular flexibility index (Phi) is 7.96. The third-order valence-electron chi connectivity index (χ3n) is 2.13. The zero-order valence-electron chi connectivity index (χ0n) is 9.38. The lowest BCUT2D eigenvalue weighted by atomic mass is 9.97. The van der Waals surface area contributed by atoms with Crippen molar-refractivity contribution in [2.75, 3.05) is 12.5 Å². The van der Waals surface area contributed by atoms with Gasteiger partial charge in [0.15, 0.2) is 0 Å². The Bertz CT molecular complexity index is 157. The molecule has 0 aromatic heterocycles. The van der Waals surface area contributed by atoms with Gasteiger partial charge in [0.25, 0.3) is 0 Å². The van der Waals surface area contributed by atoms with Crippen molar-refractivity contribution in [1.29, 1.82) is 0 Å². The fourth-order valence-electron chi connectivity index (χ4n) is 1.26. The van der Waals surface area contributed by atoms with Crippen molar-refractivity contribution >= 4 is 17.6 Å². The lowest BCUT2D eigenvalue weighted by molar-refractivity contribution is -0.144. The molecule has 3 heteroatoms. The molecule has 0 aliphatic rings. The minimum Gasteiger partial charge on any atom is -0.466 e. The van der Waals surface area contributed by atoms with Crippen molar-refractivity contribution in [2.24, 2.45) is 11.8 Å². The topological polar surface area (TPSA) is 26.3 Å². The molecule has 84 valence electrons. The molecule has 0 spiro atoms. The predicted molar refractivity (Wildman–Crippen MR) is 59.5 cm³/mol. The van der Waals surface area contributed by atoms with Crippen LogP contribution in [0.15, 0.2) is 0 Å². The zero-order chi connectivity index (χ0) is 11.0. The molecule has 0 aromatic carbocycles. The third-order valence-corrected chi connectivity index (χ3v) is 2.57. The number of carbonyl (C=O) groups excluding carboxylic acids is 1. The molecular formula is C11H21ClO2. The molecule has 0 radical (unpaired) electrons. The standard InChI is InChI=1S/C11H21ClO2/c1-4-14-11(13)7-10(8-12)6-5-9(2)3/h9-10H,4-8H2,1-3H3. The Hall–Kier alpha value is -0.240. The summed E-state index contributed by atoms with van der Waals surface area (Å²) in [5.41, 5.74) is 0. The second-order valence-corrected chi connectivity index (χ2v) is 4.31. The van der Waals surface area contributed by atoms with E-state index in [0.29, 0.717) is 24.8 Å². The van der Waals surface area contributed by atoms with Gasteiger partial charge < -0.3 is 4.74 Å². The number of ether oxygens (including phenoxy) is 1. The quantitative estimate of drug-likeness (QED) is 0.487. The van der Waals surface area contributed by atoms with E-state index >= 15 is 0 Å². The first-order chi connectivity index (χ1) is 6.60. The predicted octanol–water partition coefficient (Wildman–Crippen LogP) is 3.23. The van der Waals surface area contributed by atoms with E-state index in [1.807, 2.05) is 6.92 Å². The van der Waals surface area contributed by atoms with Gasteiger partial charge in [-0.05, 0) is 25.2 Å². The van der Waals surface area contributed by atoms with Gasteiger partial charge in [-0.2, -0.15) is 0 Å². The molecule has 0 saturated carbocycles. The Morgan fingerprint density at radius 3 is 2.43 bits per heavy atom. The van der Waals surface area contributed by atoms with E-state index in [-0.39, 0.29) is 11.9 Å². The highest BCUT2D eigenvalue weighted by atomic mass is 35.5. The van der Waals surface area contributed by atoms with Gasteiger partial charge >= 0.3 is 5.97 Å². The summed E-state index contributed by atoms with van der Waals surface area (Å²) >= 11 is 5.79. The molecule has 0 aromatic rings. The van der Waals surface area contributed by atoms with Crippen molar-refractivity contribution in [3.8, 4) is 0 Å². The second-order valence-electron chi connectivity index (χ2n) is 4.00. The van der Waals surface area contributed by atoms with Gasteiger partial charge in [0.1, 0.15) is 0 Å². The zero-order valence-corrected chi connectivity index (χ0v) is 10.1. The first-order valence-electron chi connectivity index (χ1n) is 5.31. The van der Waals surface area contributed by atoms with Crippen LogP contribution >= 0.6 is 11.6 Å². The Morgan fingerprint density at radius 2 is 2.00 bits per heavy atom. The number of carbonyl (C=O) groups is 1. The van der Waals surface area contributed by atoms with Crippen molar-refractivity contribution in [3.05, 3.63) is 0 Å². The molecular weight excluding hydrogens is 200 g/mol. The van der Waals surface area contributed by atoms with Crippen LogP contribution < -0.4 is 0 Å². The fourth-order valence-corrected chi connectivity index (χ4v) is 1.52. The van der Waals surface area contributed by atoms with E-state index in [0.717, 1.165) is 12.8 Å². The molecule has 1 atom stereocenters. The van der Waals surface area contributed by atoms with Crippen LogP contribution in [0, 0.1) is 11.8 Å². The SMILES string of the molecule is CCOC(=O)CC(CCl)CCC(C)C. The molecule has 0 bridgehead atoms. The average molecular weight is 221 g/mol. The molecule has 0 heterocycles. The van der Waals surface area contributed by atoms with Gasteiger partial charge in [0.2, 0.25) is 0 Å². The molecule has 0 fully saturated rings. The summed E-state index contributed by atoms with van der Waals surface area (Å²) in [6.45, 7) is 6.63. The minimum atomic E-state index is -0.123. The molecule has 0 aliphatic carbocycles. The molecule has 0 N–H and O–H groups in total. The Morgan fingerprint density at radius 1 is 1.36 bits per heavy atom. The van der Waals surface area contributed by atoms with E-state index in [1.165, 1.54) is 0 Å². The normalized spacial score (nSPS) is 12.9. The summed E-state index contributed by atoms with van der Waals surface area (Å²) < 4.78 is 4.88. The molecule has 0 aliphatic heterocycles. The van der Waals surface area contributed by atoms with Crippen molar-refractivity contribution in [3.63, 3.8) is 0 Å². The summed E-state index contributed by atoms with van der Waals surface area (Å²) in [5, 5.41) is 0. The van der Waals surface area contributed by atoms with Gasteiger partial charge in [-0.15, -0.1) is 11.6 Å². The highest BCUT2D eigenvalue weighted by Gasteiger charge is 2.13. The molecule has 0 saturated heterocycles. The lowest BCUT2D eigenvalue weighted by Gasteiger charge is -2.13. The largest absolute Gasteiger partial charge is 0.466 e. The smallest absolute Gasteiger partial charge is 0.306 e. The number of esters is 1. The van der Waals surface area contributed by atoms with Gasteiger partial charge in [-0.1, -0.05) is 20.3 Å². The summed E-state index contributed by atoms with van der Waals surface area (Å²) in [7, 11) is 0. The minimum absolute atomic E-state index is 0.123. The van der Waals surface area contributed by atoms with Gasteiger partial charge in [-0.25, -0.2) is 0 Å². The van der Waals surface area contributed by atoms with Crippen molar-refractivity contribution in [2.45, 2.75) is 40.0 Å². The van der Waals surface area contributed by atoms with Gasteiger partial charge in [0.05, 0.1) is 6.61 Å². The number of hydrogen-bond acceptors (Lipinski definition) is 2. The van der Waals surface area contributed by atoms with Gasteiger partial charge in [0, 0.05) is 12.3 Å². The van der Waals surface area contributed by atoms with E-state index in [1.54, 1.807) is 0 Å². The summed E-state index contributed by atoms with van der Waals surface area (Å²) in [6, 6.07) is 0. The number of rotatable bonds is 7. The molecule has 2 nitrogen and oxygen atoms in total. The highest BCUT2D eigenvalue weighted by molar-refractivity contribution is 6.18. The van der Waals surface area contributed by atoms with Crippen LogP contribution in [0.2, 0.25) is 0 Å². The van der Waals surface area contributed by atoms with Crippen LogP contribution in [0.3, 0.4) is 0 Å². The monoisotopic (exact) mass is 220 g/mol. The summed E-state index contributed by atoms with van der Waals surface area (Å²) in [5.74, 6) is 1.37. The maximum absolute atomic E-state index is 11.2. The molecule has 1 unspecified atom stereocenters. The summed E-state index contributed by atoms with van der Waals surface area (Å²) in [4.78, 5) is 11.2. The van der Waals surface area contributed by atoms with Crippen molar-refractivity contribution in [1.82, 2.24) is 0 Å². The first-order valence-corrected chi connectivity index (χ1v) is 5.85. The average Bonchev–Trinajstić information content (AvgIpc) is 2.12. The van der Waals surface area contributed by atoms with Crippen LogP contribution in [0.4, 0.5) is 0 Å². The van der Waals surface area contributed by atoms with E-state index in [4.69, 9.17) is 16.3 Å². The van der Waals surface area contributed by atoms with E-state index in [2.05, 4.69) is 13.8 Å². The summed E-state index contributed by atoms with van der Waals surface area (Å²) in [6.07, 6.45) is 2.60. The Balaban J connectivity index is 3.72. The maximum atomic E-state index is 11.2.